The molecule has 0 bridgehead atoms. The maximum absolute atomic E-state index is 13.2. The normalized spacial score (nSPS) is 12.9. The minimum Gasteiger partial charge on any atom is -1.00 e. The van der Waals surface area contributed by atoms with Gasteiger partial charge in [0.2, 0.25) is 11.8 Å². The number of carbonyl (C=O) groups is 3. The van der Waals surface area contributed by atoms with E-state index in [1.54, 1.807) is 30.3 Å². The number of carboxylic acid groups (broad SMARTS) is 1. The van der Waals surface area contributed by atoms with Crippen LogP contribution in [0.3, 0.4) is 0 Å². The van der Waals surface area contributed by atoms with Crippen molar-refractivity contribution in [2.45, 2.75) is 12.8 Å². The first-order valence-electron chi connectivity index (χ1n) is 12.4. The van der Waals surface area contributed by atoms with Crippen LogP contribution in [0.2, 0.25) is 5.02 Å². The number of nitrogens with zero attached hydrogens (tertiary/aromatic N) is 1. The average Bonchev–Trinajstić information content (AvgIpc) is 3.77. The maximum atomic E-state index is 13.2. The van der Waals surface area contributed by atoms with Gasteiger partial charge in [-0.3, -0.25) is 14.6 Å². The fourth-order valence-electron chi connectivity index (χ4n) is 4.13. The van der Waals surface area contributed by atoms with Crippen molar-refractivity contribution < 1.29 is 90.9 Å². The SMILES string of the molecule is COc1cc2c(Oc3ccc(NC(=O)C4(C(=O)Nc5ccc(F)cc5)CC4)cc3Cl)ccnc2cc1OCC(=O)O.[H-].[K+]. The Labute approximate surface area is 288 Å². The van der Waals surface area contributed by atoms with Crippen LogP contribution in [-0.2, 0) is 14.4 Å². The standard InChI is InChI=1S/C29H23ClFN3O7.K.H/c1-39-24-13-19-21(14-25(24)40-15-26(35)36)32-11-8-22(19)41-23-7-6-18(12-20(23)30)34-28(38)29(9-10-29)27(37)33-17-4-2-16(31)3-5-17;;/h2-8,11-14H,9-10,15H2,1H3,(H,33,37)(H,34,38)(H,35,36);;/q;+1;-1. The number of amides is 2. The van der Waals surface area contributed by atoms with Gasteiger partial charge < -0.3 is 31.4 Å². The molecule has 212 valence electrons. The summed E-state index contributed by atoms with van der Waals surface area (Å²) in [5.74, 6) is -1.32. The molecule has 10 nitrogen and oxygen atoms in total. The second kappa shape index (κ2) is 13.4. The van der Waals surface area contributed by atoms with Gasteiger partial charge in [-0.15, -0.1) is 0 Å². The van der Waals surface area contributed by atoms with Crippen LogP contribution in [0.15, 0.2) is 66.9 Å². The number of pyridine rings is 1. The van der Waals surface area contributed by atoms with E-state index < -0.39 is 35.6 Å². The molecule has 3 N–H and O–H groups in total. The molecule has 0 unspecified atom stereocenters. The van der Waals surface area contributed by atoms with E-state index in [0.29, 0.717) is 46.6 Å². The number of nitrogens with one attached hydrogen (secondary N) is 2. The molecule has 1 saturated carbocycles. The topological polar surface area (TPSA) is 136 Å². The third-order valence-corrected chi connectivity index (χ3v) is 6.76. The molecule has 2 amide bonds. The van der Waals surface area contributed by atoms with E-state index in [1.165, 1.54) is 43.6 Å². The van der Waals surface area contributed by atoms with Crippen LogP contribution in [0.5, 0.6) is 23.0 Å². The van der Waals surface area contributed by atoms with Crippen LogP contribution in [-0.4, -0.2) is 41.6 Å². The minimum atomic E-state index is -1.22. The van der Waals surface area contributed by atoms with Crippen molar-refractivity contribution in [3.8, 4) is 23.0 Å². The van der Waals surface area contributed by atoms with Gasteiger partial charge in [0.25, 0.3) is 0 Å². The summed E-state index contributed by atoms with van der Waals surface area (Å²) in [4.78, 5) is 41.0. The van der Waals surface area contributed by atoms with E-state index in [9.17, 15) is 18.8 Å². The molecule has 1 heterocycles. The quantitative estimate of drug-likeness (QED) is 0.182. The number of carbonyl (C=O) groups excluding carboxylic acids is 2. The first-order valence-corrected chi connectivity index (χ1v) is 12.7. The maximum Gasteiger partial charge on any atom is 1.00 e. The zero-order chi connectivity index (χ0) is 29.1. The van der Waals surface area contributed by atoms with Gasteiger partial charge in [0.15, 0.2) is 18.1 Å². The van der Waals surface area contributed by atoms with E-state index in [2.05, 4.69) is 15.6 Å². The number of hydrogen-bond acceptors (Lipinski definition) is 7. The van der Waals surface area contributed by atoms with Crippen molar-refractivity contribution >= 4 is 51.7 Å². The summed E-state index contributed by atoms with van der Waals surface area (Å²) >= 11 is 6.48. The van der Waals surface area contributed by atoms with Gasteiger partial charge >= 0.3 is 57.4 Å². The largest absolute Gasteiger partial charge is 1.00 e. The molecule has 1 aliphatic carbocycles. The molecule has 0 atom stereocenters. The van der Waals surface area contributed by atoms with Gasteiger partial charge in [-0.05, 0) is 67.4 Å². The number of anilines is 2. The monoisotopic (exact) mass is 619 g/mol. The molecule has 0 spiro atoms. The Morgan fingerprint density at radius 2 is 1.62 bits per heavy atom. The Balaban J connectivity index is 0.00000253. The Hall–Kier alpha value is -3.26. The number of benzene rings is 3. The molecular formula is C29H24ClFKN3O7. The number of rotatable bonds is 10. The molecule has 13 heteroatoms. The van der Waals surface area contributed by atoms with E-state index in [4.69, 9.17) is 30.9 Å². The zero-order valence-electron chi connectivity index (χ0n) is 23.6. The number of methoxy groups -OCH3 is 1. The second-order valence-corrected chi connectivity index (χ2v) is 9.66. The van der Waals surface area contributed by atoms with Crippen molar-refractivity contribution in [1.29, 1.82) is 0 Å². The first kappa shape index (κ1) is 31.7. The Kier molecular flexibility index (Phi) is 10.1. The summed E-state index contributed by atoms with van der Waals surface area (Å²) < 4.78 is 29.8. The van der Waals surface area contributed by atoms with Crippen LogP contribution >= 0.6 is 11.6 Å². The van der Waals surface area contributed by atoms with Gasteiger partial charge in [-0.25, -0.2) is 9.18 Å². The van der Waals surface area contributed by atoms with E-state index >= 15 is 0 Å². The third kappa shape index (κ3) is 7.02. The molecule has 0 aliphatic heterocycles. The summed E-state index contributed by atoms with van der Waals surface area (Å²) in [6.07, 6.45) is 2.27. The minimum absolute atomic E-state index is 0. The van der Waals surface area contributed by atoms with Crippen LogP contribution in [0.25, 0.3) is 10.9 Å². The number of aliphatic carboxylic acids is 1. The van der Waals surface area contributed by atoms with E-state index in [-0.39, 0.29) is 69.3 Å². The van der Waals surface area contributed by atoms with Gasteiger partial charge in [0.05, 0.1) is 17.6 Å². The number of ether oxygens (including phenoxy) is 3. The molecule has 1 aromatic heterocycles. The van der Waals surface area contributed by atoms with E-state index in [1.807, 2.05) is 0 Å². The fraction of sp³-hybridized carbons (Fsp3) is 0.172. The van der Waals surface area contributed by atoms with Crippen molar-refractivity contribution in [1.82, 2.24) is 4.98 Å². The number of hydrogen-bond donors (Lipinski definition) is 3. The predicted molar refractivity (Wildman–Crippen MR) is 149 cm³/mol. The van der Waals surface area contributed by atoms with Crippen LogP contribution in [0.4, 0.5) is 15.8 Å². The molecule has 5 rings (SSSR count). The van der Waals surface area contributed by atoms with Crippen molar-refractivity contribution in [3.05, 3.63) is 77.7 Å². The molecule has 0 saturated heterocycles. The molecule has 42 heavy (non-hydrogen) atoms. The summed E-state index contributed by atoms with van der Waals surface area (Å²) in [7, 11) is 1.42. The van der Waals surface area contributed by atoms with Gasteiger partial charge in [-0.2, -0.15) is 0 Å². The first-order chi connectivity index (χ1) is 19.7. The predicted octanol–water partition coefficient (Wildman–Crippen LogP) is 2.77. The fourth-order valence-corrected chi connectivity index (χ4v) is 4.35. The molecule has 3 aromatic carbocycles. The van der Waals surface area contributed by atoms with E-state index in [0.717, 1.165) is 0 Å². The van der Waals surface area contributed by atoms with Gasteiger partial charge in [0, 0.05) is 29.0 Å². The number of carboxylic acids is 1. The Bertz CT molecular complexity index is 1670. The van der Waals surface area contributed by atoms with Crippen molar-refractivity contribution in [2.75, 3.05) is 24.4 Å². The Morgan fingerprint density at radius 3 is 2.24 bits per heavy atom. The smallest absolute Gasteiger partial charge is 1.00 e. The zero-order valence-corrected chi connectivity index (χ0v) is 26.5. The van der Waals surface area contributed by atoms with Gasteiger partial charge in [-0.1, -0.05) is 11.6 Å². The third-order valence-electron chi connectivity index (χ3n) is 6.47. The van der Waals surface area contributed by atoms with Crippen LogP contribution in [0.1, 0.15) is 14.3 Å². The molecule has 1 fully saturated rings. The summed E-state index contributed by atoms with van der Waals surface area (Å²) in [5.41, 5.74) is 0.00949. The van der Waals surface area contributed by atoms with Crippen molar-refractivity contribution in [3.63, 3.8) is 0 Å². The number of aromatic nitrogens is 1. The number of halogens is 2. The molecule has 4 aromatic rings. The van der Waals surface area contributed by atoms with Crippen LogP contribution < -0.4 is 76.2 Å². The average molecular weight is 620 g/mol. The van der Waals surface area contributed by atoms with Crippen LogP contribution in [0, 0.1) is 11.2 Å². The summed E-state index contributed by atoms with van der Waals surface area (Å²) in [5, 5.41) is 15.1. The summed E-state index contributed by atoms with van der Waals surface area (Å²) in [6, 6.07) is 14.8. The molecule has 1 aliphatic rings. The van der Waals surface area contributed by atoms with Crippen molar-refractivity contribution in [2.24, 2.45) is 5.41 Å². The molecular weight excluding hydrogens is 596 g/mol. The Morgan fingerprint density at radius 1 is 0.952 bits per heavy atom. The number of fused-ring (bicyclic) bond motifs is 1. The summed E-state index contributed by atoms with van der Waals surface area (Å²) in [6.45, 7) is -0.545. The van der Waals surface area contributed by atoms with Gasteiger partial charge in [0.1, 0.15) is 22.7 Å². The second-order valence-electron chi connectivity index (χ2n) is 9.26. The molecule has 0 radical (unpaired) electrons.